The first-order valence-electron chi connectivity index (χ1n) is 8.23. The topological polar surface area (TPSA) is 36.4 Å². The Hall–Kier alpha value is -2.83. The number of rotatable bonds is 3. The SMILES string of the molecule is O=C(/C=C/c1ccc(C(F)(F)F)cc1)N1CCN(c2ccncc2)CC1. The third kappa shape index (κ3) is 4.41. The Labute approximate surface area is 149 Å². The molecule has 0 unspecified atom stereocenters. The third-order valence-electron chi connectivity index (χ3n) is 4.28. The van der Waals surface area contributed by atoms with Gasteiger partial charge >= 0.3 is 6.18 Å². The average Bonchev–Trinajstić information content (AvgIpc) is 2.66. The van der Waals surface area contributed by atoms with Gasteiger partial charge in [-0.05, 0) is 35.9 Å². The summed E-state index contributed by atoms with van der Waals surface area (Å²) in [7, 11) is 0. The maximum Gasteiger partial charge on any atom is 0.416 e. The number of hydrogen-bond acceptors (Lipinski definition) is 3. The van der Waals surface area contributed by atoms with E-state index >= 15 is 0 Å². The first-order valence-corrected chi connectivity index (χ1v) is 8.23. The van der Waals surface area contributed by atoms with Crippen molar-refractivity contribution in [2.75, 3.05) is 31.1 Å². The first-order chi connectivity index (χ1) is 12.4. The van der Waals surface area contributed by atoms with Gasteiger partial charge in [0.15, 0.2) is 0 Å². The molecule has 0 atom stereocenters. The summed E-state index contributed by atoms with van der Waals surface area (Å²) in [5.74, 6) is -0.140. The largest absolute Gasteiger partial charge is 0.416 e. The highest BCUT2D eigenvalue weighted by molar-refractivity contribution is 5.92. The lowest BCUT2D eigenvalue weighted by molar-refractivity contribution is -0.137. The van der Waals surface area contributed by atoms with Gasteiger partial charge in [0.25, 0.3) is 0 Å². The lowest BCUT2D eigenvalue weighted by Crippen LogP contribution is -2.48. The summed E-state index contributed by atoms with van der Waals surface area (Å²) in [6.07, 6.45) is 2.06. The Bertz CT molecular complexity index is 765. The molecule has 26 heavy (non-hydrogen) atoms. The number of aromatic nitrogens is 1. The lowest BCUT2D eigenvalue weighted by atomic mass is 10.1. The predicted molar refractivity (Wildman–Crippen MR) is 93.5 cm³/mol. The summed E-state index contributed by atoms with van der Waals surface area (Å²) >= 11 is 0. The Morgan fingerprint density at radius 1 is 0.962 bits per heavy atom. The Morgan fingerprint density at radius 3 is 2.15 bits per heavy atom. The van der Waals surface area contributed by atoms with E-state index in [4.69, 9.17) is 0 Å². The molecule has 1 fully saturated rings. The van der Waals surface area contributed by atoms with Crippen molar-refractivity contribution in [3.63, 3.8) is 0 Å². The molecule has 1 aliphatic rings. The number of alkyl halides is 3. The van der Waals surface area contributed by atoms with Gasteiger partial charge in [-0.2, -0.15) is 13.2 Å². The molecule has 3 rings (SSSR count). The van der Waals surface area contributed by atoms with Gasteiger partial charge in [0.2, 0.25) is 5.91 Å². The van der Waals surface area contributed by atoms with Crippen LogP contribution in [-0.2, 0) is 11.0 Å². The summed E-state index contributed by atoms with van der Waals surface area (Å²) in [5, 5.41) is 0. The number of hydrogen-bond donors (Lipinski definition) is 0. The first kappa shape index (κ1) is 18.0. The van der Waals surface area contributed by atoms with Gasteiger partial charge in [0, 0.05) is 50.3 Å². The normalized spacial score (nSPS) is 15.5. The fourth-order valence-corrected chi connectivity index (χ4v) is 2.80. The monoisotopic (exact) mass is 361 g/mol. The van der Waals surface area contributed by atoms with Crippen molar-refractivity contribution in [2.24, 2.45) is 0 Å². The van der Waals surface area contributed by atoms with Crippen LogP contribution in [0, 0.1) is 0 Å². The number of pyridine rings is 1. The van der Waals surface area contributed by atoms with Gasteiger partial charge < -0.3 is 9.80 Å². The number of halogens is 3. The number of anilines is 1. The van der Waals surface area contributed by atoms with Crippen molar-refractivity contribution < 1.29 is 18.0 Å². The van der Waals surface area contributed by atoms with Crippen LogP contribution in [0.1, 0.15) is 11.1 Å². The van der Waals surface area contributed by atoms with Crippen molar-refractivity contribution in [3.8, 4) is 0 Å². The Kier molecular flexibility index (Phi) is 5.25. The minimum absolute atomic E-state index is 0.140. The summed E-state index contributed by atoms with van der Waals surface area (Å²) in [6.45, 7) is 2.64. The second kappa shape index (κ2) is 7.59. The summed E-state index contributed by atoms with van der Waals surface area (Å²) in [6, 6.07) is 8.60. The molecule has 1 aromatic heterocycles. The van der Waals surface area contributed by atoms with Crippen LogP contribution in [0.3, 0.4) is 0 Å². The molecule has 0 N–H and O–H groups in total. The van der Waals surface area contributed by atoms with Crippen LogP contribution >= 0.6 is 0 Å². The van der Waals surface area contributed by atoms with Gasteiger partial charge in [-0.3, -0.25) is 9.78 Å². The molecule has 0 saturated carbocycles. The highest BCUT2D eigenvalue weighted by atomic mass is 19.4. The zero-order valence-corrected chi connectivity index (χ0v) is 14.0. The molecular formula is C19H18F3N3O. The van der Waals surface area contributed by atoms with E-state index in [0.29, 0.717) is 18.7 Å². The number of carbonyl (C=O) groups is 1. The molecule has 4 nitrogen and oxygen atoms in total. The second-order valence-electron chi connectivity index (χ2n) is 5.97. The predicted octanol–water partition coefficient (Wildman–Crippen LogP) is 3.46. The summed E-state index contributed by atoms with van der Waals surface area (Å²) < 4.78 is 37.6. The number of piperazine rings is 1. The molecule has 136 valence electrons. The Balaban J connectivity index is 1.55. The lowest BCUT2D eigenvalue weighted by Gasteiger charge is -2.35. The zero-order valence-electron chi connectivity index (χ0n) is 14.0. The van der Waals surface area contributed by atoms with E-state index in [1.165, 1.54) is 24.3 Å². The quantitative estimate of drug-likeness (QED) is 0.786. The molecule has 1 saturated heterocycles. The van der Waals surface area contributed by atoms with Gasteiger partial charge in [0.05, 0.1) is 5.56 Å². The van der Waals surface area contributed by atoms with Crippen molar-refractivity contribution >= 4 is 17.7 Å². The van der Waals surface area contributed by atoms with Crippen LogP contribution in [0.2, 0.25) is 0 Å². The second-order valence-corrected chi connectivity index (χ2v) is 5.97. The van der Waals surface area contributed by atoms with E-state index in [1.807, 2.05) is 12.1 Å². The van der Waals surface area contributed by atoms with E-state index in [0.717, 1.165) is 30.9 Å². The van der Waals surface area contributed by atoms with Crippen molar-refractivity contribution in [3.05, 3.63) is 66.0 Å². The molecule has 7 heteroatoms. The molecule has 2 aromatic rings. The summed E-state index contributed by atoms with van der Waals surface area (Å²) in [5.41, 5.74) is 0.933. The number of benzene rings is 1. The fourth-order valence-electron chi connectivity index (χ4n) is 2.80. The minimum atomic E-state index is -4.35. The maximum atomic E-state index is 12.5. The van der Waals surface area contributed by atoms with E-state index in [1.54, 1.807) is 17.3 Å². The molecular weight excluding hydrogens is 343 g/mol. The number of nitrogens with zero attached hydrogens (tertiary/aromatic N) is 3. The van der Waals surface area contributed by atoms with E-state index in [-0.39, 0.29) is 5.91 Å². The maximum absolute atomic E-state index is 12.5. The van der Waals surface area contributed by atoms with Crippen LogP contribution < -0.4 is 4.90 Å². The number of carbonyl (C=O) groups excluding carboxylic acids is 1. The van der Waals surface area contributed by atoms with Gasteiger partial charge in [0.1, 0.15) is 0 Å². The molecule has 0 radical (unpaired) electrons. The van der Waals surface area contributed by atoms with Crippen LogP contribution in [0.4, 0.5) is 18.9 Å². The van der Waals surface area contributed by atoms with E-state index in [9.17, 15) is 18.0 Å². The Morgan fingerprint density at radius 2 is 1.58 bits per heavy atom. The van der Waals surface area contributed by atoms with Gasteiger partial charge in [-0.15, -0.1) is 0 Å². The molecule has 1 amide bonds. The van der Waals surface area contributed by atoms with Gasteiger partial charge in [-0.25, -0.2) is 0 Å². The highest BCUT2D eigenvalue weighted by Gasteiger charge is 2.29. The average molecular weight is 361 g/mol. The van der Waals surface area contributed by atoms with E-state index in [2.05, 4.69) is 9.88 Å². The smallest absolute Gasteiger partial charge is 0.368 e. The highest BCUT2D eigenvalue weighted by Crippen LogP contribution is 2.29. The van der Waals surface area contributed by atoms with Crippen molar-refractivity contribution in [2.45, 2.75) is 6.18 Å². The number of amides is 1. The van der Waals surface area contributed by atoms with Crippen LogP contribution in [0.15, 0.2) is 54.9 Å². The van der Waals surface area contributed by atoms with E-state index < -0.39 is 11.7 Å². The zero-order chi connectivity index (χ0) is 18.6. The molecule has 2 heterocycles. The minimum Gasteiger partial charge on any atom is -0.368 e. The van der Waals surface area contributed by atoms with Crippen molar-refractivity contribution in [1.29, 1.82) is 0 Å². The van der Waals surface area contributed by atoms with Crippen LogP contribution in [0.25, 0.3) is 6.08 Å². The standard InChI is InChI=1S/C19H18F3N3O/c20-19(21,22)16-4-1-15(2-5-16)3-6-18(26)25-13-11-24(12-14-25)17-7-9-23-10-8-17/h1-10H,11-14H2/b6-3+. The van der Waals surface area contributed by atoms with Crippen LogP contribution in [0.5, 0.6) is 0 Å². The molecule has 1 aromatic carbocycles. The fraction of sp³-hybridized carbons (Fsp3) is 0.263. The molecule has 1 aliphatic heterocycles. The van der Waals surface area contributed by atoms with Gasteiger partial charge in [-0.1, -0.05) is 12.1 Å². The van der Waals surface area contributed by atoms with Crippen LogP contribution in [-0.4, -0.2) is 42.0 Å². The molecule has 0 spiro atoms. The summed E-state index contributed by atoms with van der Waals surface area (Å²) in [4.78, 5) is 20.2. The van der Waals surface area contributed by atoms with Crippen molar-refractivity contribution in [1.82, 2.24) is 9.88 Å². The molecule has 0 bridgehead atoms. The molecule has 0 aliphatic carbocycles. The third-order valence-corrected chi connectivity index (χ3v) is 4.28.